The average Bonchev–Trinajstić information content (AvgIpc) is 2.90. The summed E-state index contributed by atoms with van der Waals surface area (Å²) in [5, 5.41) is 0. The molecule has 1 aliphatic rings. The molecule has 3 heteroatoms. The molecule has 2 aromatic carbocycles. The number of anilines is 1. The Kier molecular flexibility index (Phi) is 4.77. The van der Waals surface area contributed by atoms with Crippen molar-refractivity contribution in [2.24, 2.45) is 0 Å². The lowest BCUT2D eigenvalue weighted by molar-refractivity contribution is -0.129. The van der Waals surface area contributed by atoms with E-state index >= 15 is 0 Å². The van der Waals surface area contributed by atoms with Crippen molar-refractivity contribution in [3.05, 3.63) is 65.7 Å². The van der Waals surface area contributed by atoms with Gasteiger partial charge in [0.15, 0.2) is 0 Å². The summed E-state index contributed by atoms with van der Waals surface area (Å²) in [5.41, 5.74) is 3.50. The first-order valence-corrected chi connectivity index (χ1v) is 8.23. The van der Waals surface area contributed by atoms with Crippen molar-refractivity contribution in [2.75, 3.05) is 11.5 Å². The second-order valence-electron chi connectivity index (χ2n) is 6.14. The van der Waals surface area contributed by atoms with Crippen molar-refractivity contribution >= 4 is 11.6 Å². The van der Waals surface area contributed by atoms with Gasteiger partial charge in [0, 0.05) is 11.7 Å². The van der Waals surface area contributed by atoms with Crippen molar-refractivity contribution in [2.45, 2.75) is 38.8 Å². The van der Waals surface area contributed by atoms with Crippen LogP contribution in [0.25, 0.3) is 0 Å². The average molecular weight is 309 g/mol. The van der Waals surface area contributed by atoms with Gasteiger partial charge in [0.1, 0.15) is 6.10 Å². The van der Waals surface area contributed by atoms with Gasteiger partial charge in [-0.2, -0.15) is 0 Å². The molecule has 0 radical (unpaired) electrons. The van der Waals surface area contributed by atoms with E-state index in [4.69, 9.17) is 4.74 Å². The van der Waals surface area contributed by atoms with Gasteiger partial charge in [-0.05, 0) is 43.9 Å². The van der Waals surface area contributed by atoms with E-state index in [1.165, 1.54) is 11.1 Å². The second kappa shape index (κ2) is 6.97. The Hall–Kier alpha value is -2.13. The highest BCUT2D eigenvalue weighted by molar-refractivity contribution is 5.98. The van der Waals surface area contributed by atoms with Crippen LogP contribution in [0.5, 0.6) is 0 Å². The highest BCUT2D eigenvalue weighted by Crippen LogP contribution is 2.32. The van der Waals surface area contributed by atoms with Crippen molar-refractivity contribution < 1.29 is 9.53 Å². The minimum atomic E-state index is -0.424. The van der Waals surface area contributed by atoms with Crippen LogP contribution in [0.15, 0.2) is 54.6 Å². The molecule has 0 aliphatic carbocycles. The number of hydrogen-bond donors (Lipinski definition) is 0. The van der Waals surface area contributed by atoms with Gasteiger partial charge in [-0.25, -0.2) is 0 Å². The molecule has 120 valence electrons. The predicted molar refractivity (Wildman–Crippen MR) is 92.7 cm³/mol. The number of ether oxygens (including phenoxy) is 1. The van der Waals surface area contributed by atoms with Crippen LogP contribution in [0.2, 0.25) is 0 Å². The lowest BCUT2D eigenvalue weighted by Crippen LogP contribution is -2.42. The monoisotopic (exact) mass is 309 g/mol. The fourth-order valence-corrected chi connectivity index (χ4v) is 3.17. The summed E-state index contributed by atoms with van der Waals surface area (Å²) in [6, 6.07) is 18.5. The van der Waals surface area contributed by atoms with E-state index in [0.29, 0.717) is 6.61 Å². The Balaban J connectivity index is 1.59. The molecule has 0 aromatic heterocycles. The van der Waals surface area contributed by atoms with Gasteiger partial charge in [-0.15, -0.1) is 0 Å². The van der Waals surface area contributed by atoms with Crippen LogP contribution in [0.4, 0.5) is 5.69 Å². The summed E-state index contributed by atoms with van der Waals surface area (Å²) >= 11 is 0. The fourth-order valence-electron chi connectivity index (χ4n) is 3.17. The normalized spacial score (nSPS) is 17.8. The Morgan fingerprint density at radius 3 is 2.65 bits per heavy atom. The molecular weight excluding hydrogens is 286 g/mol. The third-order valence-electron chi connectivity index (χ3n) is 4.39. The van der Waals surface area contributed by atoms with Gasteiger partial charge >= 0.3 is 0 Å². The first-order chi connectivity index (χ1) is 11.2. The Morgan fingerprint density at radius 2 is 1.87 bits per heavy atom. The number of carbonyl (C=O) groups excluding carboxylic acids is 1. The minimum absolute atomic E-state index is 0.0514. The molecule has 1 heterocycles. The molecule has 3 nitrogen and oxygen atoms in total. The van der Waals surface area contributed by atoms with Gasteiger partial charge < -0.3 is 9.64 Å². The zero-order valence-electron chi connectivity index (χ0n) is 13.7. The molecule has 0 spiro atoms. The lowest BCUT2D eigenvalue weighted by atomic mass is 10.1. The Morgan fingerprint density at radius 1 is 1.17 bits per heavy atom. The van der Waals surface area contributed by atoms with Gasteiger partial charge in [0.2, 0.25) is 0 Å². The molecule has 0 N–H and O–H groups in total. The summed E-state index contributed by atoms with van der Waals surface area (Å²) < 4.78 is 5.79. The molecule has 0 unspecified atom stereocenters. The number of para-hydroxylation sites is 1. The third-order valence-corrected chi connectivity index (χ3v) is 4.39. The number of benzene rings is 2. The van der Waals surface area contributed by atoms with Gasteiger partial charge in [0.25, 0.3) is 5.91 Å². The maximum Gasteiger partial charge on any atom is 0.256 e. The fraction of sp³-hybridized carbons (Fsp3) is 0.350. The van der Waals surface area contributed by atoms with E-state index in [1.807, 2.05) is 48.2 Å². The van der Waals surface area contributed by atoms with Crippen LogP contribution < -0.4 is 4.90 Å². The largest absolute Gasteiger partial charge is 0.368 e. The van der Waals surface area contributed by atoms with E-state index in [9.17, 15) is 4.79 Å². The number of carbonyl (C=O) groups is 1. The van der Waals surface area contributed by atoms with E-state index in [-0.39, 0.29) is 11.9 Å². The predicted octanol–water partition coefficient (Wildman–Crippen LogP) is 3.61. The summed E-state index contributed by atoms with van der Waals surface area (Å²) in [5.74, 6) is 0.0514. The number of nitrogens with zero attached hydrogens (tertiary/aromatic N) is 1. The Labute approximate surface area is 137 Å². The molecule has 3 rings (SSSR count). The minimum Gasteiger partial charge on any atom is -0.368 e. The molecular formula is C20H23NO2. The maximum atomic E-state index is 12.8. The summed E-state index contributed by atoms with van der Waals surface area (Å²) in [6.07, 6.45) is 1.32. The van der Waals surface area contributed by atoms with Crippen LogP contribution in [-0.4, -0.2) is 24.7 Å². The van der Waals surface area contributed by atoms with Crippen LogP contribution in [0.3, 0.4) is 0 Å². The standard InChI is InChI=1S/C20H23NO2/c1-15-14-18-10-6-7-11-19(18)21(15)20(22)16(2)23-13-12-17-8-4-3-5-9-17/h3-11,15-16H,12-14H2,1-2H3/t15-,16+/m1/s1. The number of hydrogen-bond acceptors (Lipinski definition) is 2. The van der Waals surface area contributed by atoms with Gasteiger partial charge in [0.05, 0.1) is 6.61 Å². The van der Waals surface area contributed by atoms with Crippen LogP contribution in [0, 0.1) is 0 Å². The molecule has 2 atom stereocenters. The smallest absolute Gasteiger partial charge is 0.256 e. The van der Waals surface area contributed by atoms with E-state index in [0.717, 1.165) is 18.5 Å². The zero-order chi connectivity index (χ0) is 16.2. The second-order valence-corrected chi connectivity index (χ2v) is 6.14. The summed E-state index contributed by atoms with van der Waals surface area (Å²) in [4.78, 5) is 14.7. The highest BCUT2D eigenvalue weighted by Gasteiger charge is 2.33. The molecule has 0 bridgehead atoms. The van der Waals surface area contributed by atoms with Crippen molar-refractivity contribution in [1.29, 1.82) is 0 Å². The topological polar surface area (TPSA) is 29.5 Å². The molecule has 1 aliphatic heterocycles. The van der Waals surface area contributed by atoms with Crippen molar-refractivity contribution in [3.8, 4) is 0 Å². The maximum absolute atomic E-state index is 12.8. The highest BCUT2D eigenvalue weighted by atomic mass is 16.5. The molecule has 23 heavy (non-hydrogen) atoms. The number of rotatable bonds is 5. The number of fused-ring (bicyclic) bond motifs is 1. The van der Waals surface area contributed by atoms with E-state index in [2.05, 4.69) is 25.1 Å². The van der Waals surface area contributed by atoms with Crippen LogP contribution >= 0.6 is 0 Å². The third kappa shape index (κ3) is 3.45. The summed E-state index contributed by atoms with van der Waals surface area (Å²) in [7, 11) is 0. The summed E-state index contributed by atoms with van der Waals surface area (Å²) in [6.45, 7) is 4.50. The van der Waals surface area contributed by atoms with Crippen LogP contribution in [-0.2, 0) is 22.4 Å². The molecule has 2 aromatic rings. The first-order valence-electron chi connectivity index (χ1n) is 8.23. The van der Waals surface area contributed by atoms with Gasteiger partial charge in [-0.1, -0.05) is 48.5 Å². The zero-order valence-corrected chi connectivity index (χ0v) is 13.7. The lowest BCUT2D eigenvalue weighted by Gasteiger charge is -2.26. The number of amides is 1. The Bertz CT molecular complexity index is 668. The van der Waals surface area contributed by atoms with Crippen LogP contribution in [0.1, 0.15) is 25.0 Å². The molecule has 1 amide bonds. The molecule has 0 saturated heterocycles. The van der Waals surface area contributed by atoms with E-state index in [1.54, 1.807) is 0 Å². The molecule has 0 fully saturated rings. The van der Waals surface area contributed by atoms with Crippen molar-refractivity contribution in [1.82, 2.24) is 0 Å². The molecule has 0 saturated carbocycles. The van der Waals surface area contributed by atoms with Gasteiger partial charge in [-0.3, -0.25) is 4.79 Å². The SMILES string of the molecule is C[C@H](OCCc1ccccc1)C(=O)N1c2ccccc2C[C@H]1C. The quantitative estimate of drug-likeness (QED) is 0.844. The van der Waals surface area contributed by atoms with Crippen molar-refractivity contribution in [3.63, 3.8) is 0 Å². The first kappa shape index (κ1) is 15.8. The van der Waals surface area contributed by atoms with E-state index < -0.39 is 6.10 Å².